The molecule has 1 N–H and O–H groups in total. The zero-order valence-electron chi connectivity index (χ0n) is 12.0. The van der Waals surface area contributed by atoms with E-state index in [1.54, 1.807) is 0 Å². The van der Waals surface area contributed by atoms with Crippen LogP contribution in [0.3, 0.4) is 0 Å². The fourth-order valence-electron chi connectivity index (χ4n) is 2.88. The number of nitrogens with one attached hydrogen (secondary N) is 1. The van der Waals surface area contributed by atoms with Crippen molar-refractivity contribution in [1.29, 1.82) is 0 Å². The van der Waals surface area contributed by atoms with Crippen molar-refractivity contribution in [2.45, 2.75) is 39.2 Å². The minimum Gasteiger partial charge on any atom is -0.336 e. The van der Waals surface area contributed by atoms with Crippen molar-refractivity contribution in [3.05, 3.63) is 35.4 Å². The molecule has 0 aliphatic carbocycles. The Morgan fingerprint density at radius 1 is 1.26 bits per heavy atom. The maximum Gasteiger partial charge on any atom is 0.254 e. The first kappa shape index (κ1) is 14.1. The number of nitrogens with zero attached hydrogens (tertiary/aromatic N) is 1. The lowest BCUT2D eigenvalue weighted by Crippen LogP contribution is -2.46. The van der Waals surface area contributed by atoms with Gasteiger partial charge in [0.25, 0.3) is 5.91 Å². The summed E-state index contributed by atoms with van der Waals surface area (Å²) >= 11 is 0. The van der Waals surface area contributed by atoms with Crippen LogP contribution in [0.5, 0.6) is 0 Å². The molecule has 104 valence electrons. The molecular formula is C16H24N2O. The largest absolute Gasteiger partial charge is 0.336 e. The molecule has 1 heterocycles. The minimum absolute atomic E-state index is 0.201. The Morgan fingerprint density at radius 3 is 2.58 bits per heavy atom. The van der Waals surface area contributed by atoms with Gasteiger partial charge in [0.2, 0.25) is 0 Å². The molecule has 19 heavy (non-hydrogen) atoms. The molecule has 0 radical (unpaired) electrons. The highest BCUT2D eigenvalue weighted by molar-refractivity contribution is 5.95. The number of rotatable bonds is 4. The summed E-state index contributed by atoms with van der Waals surface area (Å²) in [6.45, 7) is 7.01. The van der Waals surface area contributed by atoms with E-state index in [4.69, 9.17) is 0 Å². The molecule has 0 spiro atoms. The predicted molar refractivity (Wildman–Crippen MR) is 78.4 cm³/mol. The lowest BCUT2D eigenvalue weighted by atomic mass is 10.0. The van der Waals surface area contributed by atoms with Gasteiger partial charge in [0.15, 0.2) is 0 Å². The number of carbonyl (C=O) groups excluding carboxylic acids is 1. The lowest BCUT2D eigenvalue weighted by Gasteiger charge is -2.34. The number of aryl methyl sites for hydroxylation is 1. The average Bonchev–Trinajstić information content (AvgIpc) is 2.49. The second-order valence-corrected chi connectivity index (χ2v) is 5.08. The summed E-state index contributed by atoms with van der Waals surface area (Å²) in [5.41, 5.74) is 2.03. The van der Waals surface area contributed by atoms with Gasteiger partial charge in [-0.3, -0.25) is 4.79 Å². The Morgan fingerprint density at radius 2 is 1.95 bits per heavy atom. The summed E-state index contributed by atoms with van der Waals surface area (Å²) < 4.78 is 0. The van der Waals surface area contributed by atoms with E-state index < -0.39 is 0 Å². The highest BCUT2D eigenvalue weighted by atomic mass is 16.2. The van der Waals surface area contributed by atoms with Crippen molar-refractivity contribution in [3.8, 4) is 0 Å². The molecule has 3 heteroatoms. The van der Waals surface area contributed by atoms with Gasteiger partial charge in [0, 0.05) is 18.2 Å². The molecule has 0 aromatic heterocycles. The first-order chi connectivity index (χ1) is 9.27. The minimum atomic E-state index is 0.201. The highest BCUT2D eigenvalue weighted by Crippen LogP contribution is 2.18. The smallest absolute Gasteiger partial charge is 0.254 e. The molecule has 3 nitrogen and oxygen atoms in total. The Kier molecular flexibility index (Phi) is 4.97. The molecule has 1 aliphatic rings. The van der Waals surface area contributed by atoms with Crippen molar-refractivity contribution in [1.82, 2.24) is 10.2 Å². The monoisotopic (exact) mass is 260 g/mol. The van der Waals surface area contributed by atoms with E-state index in [0.717, 1.165) is 50.0 Å². The van der Waals surface area contributed by atoms with Crippen molar-refractivity contribution in [2.24, 2.45) is 0 Å². The van der Waals surface area contributed by atoms with Crippen LogP contribution in [0, 0.1) is 0 Å². The predicted octanol–water partition coefficient (Wildman–Crippen LogP) is 2.46. The molecule has 0 bridgehead atoms. The van der Waals surface area contributed by atoms with Gasteiger partial charge in [-0.1, -0.05) is 25.1 Å². The van der Waals surface area contributed by atoms with Crippen LogP contribution >= 0.6 is 0 Å². The molecule has 1 aliphatic heterocycles. The van der Waals surface area contributed by atoms with Gasteiger partial charge < -0.3 is 10.2 Å². The molecule has 0 saturated carbocycles. The van der Waals surface area contributed by atoms with Crippen molar-refractivity contribution < 1.29 is 4.79 Å². The first-order valence-electron chi connectivity index (χ1n) is 7.37. The van der Waals surface area contributed by atoms with Crippen LogP contribution in [0.4, 0.5) is 0 Å². The maximum atomic E-state index is 12.8. The highest BCUT2D eigenvalue weighted by Gasteiger charge is 2.25. The van der Waals surface area contributed by atoms with Crippen molar-refractivity contribution >= 4 is 5.91 Å². The normalized spacial score (nSPS) is 16.3. The van der Waals surface area contributed by atoms with E-state index in [0.29, 0.717) is 6.04 Å². The van der Waals surface area contributed by atoms with Gasteiger partial charge >= 0.3 is 0 Å². The molecule has 1 amide bonds. The Labute approximate surface area is 116 Å². The van der Waals surface area contributed by atoms with E-state index in [9.17, 15) is 4.79 Å². The number of piperidine rings is 1. The fraction of sp³-hybridized carbons (Fsp3) is 0.562. The molecule has 2 rings (SSSR count). The van der Waals surface area contributed by atoms with Gasteiger partial charge in [-0.2, -0.15) is 0 Å². The lowest BCUT2D eigenvalue weighted by molar-refractivity contribution is 0.0655. The molecule has 1 saturated heterocycles. The Balaban J connectivity index is 2.19. The van der Waals surface area contributed by atoms with Crippen molar-refractivity contribution in [2.75, 3.05) is 19.6 Å². The van der Waals surface area contributed by atoms with Gasteiger partial charge in [0.1, 0.15) is 0 Å². The third-order valence-corrected chi connectivity index (χ3v) is 3.98. The van der Waals surface area contributed by atoms with Gasteiger partial charge in [-0.05, 0) is 50.9 Å². The van der Waals surface area contributed by atoms with E-state index in [-0.39, 0.29) is 5.91 Å². The second kappa shape index (κ2) is 6.71. The number of benzene rings is 1. The van der Waals surface area contributed by atoms with Crippen LogP contribution in [0.1, 0.15) is 42.6 Å². The zero-order chi connectivity index (χ0) is 13.7. The summed E-state index contributed by atoms with van der Waals surface area (Å²) in [5, 5.41) is 3.36. The SMILES string of the molecule is CCc1ccccc1C(=O)N(CC)C1CCNCC1. The Bertz CT molecular complexity index is 425. The van der Waals surface area contributed by atoms with E-state index >= 15 is 0 Å². The van der Waals surface area contributed by atoms with Crippen LogP contribution < -0.4 is 5.32 Å². The molecule has 0 atom stereocenters. The van der Waals surface area contributed by atoms with Crippen LogP contribution in [0.2, 0.25) is 0 Å². The summed E-state index contributed by atoms with van der Waals surface area (Å²) in [6.07, 6.45) is 3.04. The zero-order valence-corrected chi connectivity index (χ0v) is 12.0. The quantitative estimate of drug-likeness (QED) is 0.902. The van der Waals surface area contributed by atoms with Gasteiger partial charge in [-0.15, -0.1) is 0 Å². The third-order valence-electron chi connectivity index (χ3n) is 3.98. The van der Waals surface area contributed by atoms with Gasteiger partial charge in [0.05, 0.1) is 0 Å². The molecule has 0 unspecified atom stereocenters. The van der Waals surface area contributed by atoms with Crippen LogP contribution in [-0.4, -0.2) is 36.5 Å². The molecule has 1 fully saturated rings. The molecule has 1 aromatic carbocycles. The number of hydrogen-bond acceptors (Lipinski definition) is 2. The van der Waals surface area contributed by atoms with E-state index in [1.807, 2.05) is 18.2 Å². The summed E-state index contributed by atoms with van der Waals surface area (Å²) in [7, 11) is 0. The molecule has 1 aromatic rings. The third kappa shape index (κ3) is 3.16. The van der Waals surface area contributed by atoms with E-state index in [1.165, 1.54) is 0 Å². The maximum absolute atomic E-state index is 12.8. The topological polar surface area (TPSA) is 32.3 Å². The standard InChI is InChI=1S/C16H24N2O/c1-3-13-7-5-6-8-15(13)16(19)18(4-2)14-9-11-17-12-10-14/h5-8,14,17H,3-4,9-12H2,1-2H3. The summed E-state index contributed by atoms with van der Waals surface area (Å²) in [6, 6.07) is 8.39. The summed E-state index contributed by atoms with van der Waals surface area (Å²) in [4.78, 5) is 14.8. The second-order valence-electron chi connectivity index (χ2n) is 5.08. The fourth-order valence-corrected chi connectivity index (χ4v) is 2.88. The van der Waals surface area contributed by atoms with Crippen LogP contribution in [0.15, 0.2) is 24.3 Å². The number of carbonyl (C=O) groups is 1. The number of hydrogen-bond donors (Lipinski definition) is 1. The Hall–Kier alpha value is -1.35. The first-order valence-corrected chi connectivity index (χ1v) is 7.37. The average molecular weight is 260 g/mol. The van der Waals surface area contributed by atoms with Crippen molar-refractivity contribution in [3.63, 3.8) is 0 Å². The van der Waals surface area contributed by atoms with E-state index in [2.05, 4.69) is 30.1 Å². The van der Waals surface area contributed by atoms with Gasteiger partial charge in [-0.25, -0.2) is 0 Å². The summed E-state index contributed by atoms with van der Waals surface area (Å²) in [5.74, 6) is 0.201. The number of amides is 1. The van der Waals surface area contributed by atoms with Crippen LogP contribution in [0.25, 0.3) is 0 Å². The molecular weight excluding hydrogens is 236 g/mol. The van der Waals surface area contributed by atoms with Crippen LogP contribution in [-0.2, 0) is 6.42 Å².